The highest BCUT2D eigenvalue weighted by Gasteiger charge is 2.37. The van der Waals surface area contributed by atoms with E-state index >= 15 is 0 Å². The molecule has 5 N–H and O–H groups in total. The summed E-state index contributed by atoms with van der Waals surface area (Å²) in [6, 6.07) is 11.0. The second-order valence-corrected chi connectivity index (χ2v) is 7.67. The standard InChI is InChI=1S/C23H26N6O2/c1-14(2)23(4,22-28-21(31-29-22)17-7-10-20(30)27-12-17)19-8-5-16(6-9-19)18(11-24)13-26-15(3)25/h5-14H,3,24-25H2,1-2,4H3,(H,27,30)/b18-11+,26-13-. The van der Waals surface area contributed by atoms with Crippen molar-refractivity contribution < 1.29 is 4.52 Å². The summed E-state index contributed by atoms with van der Waals surface area (Å²) in [6.07, 6.45) is 4.60. The molecular weight excluding hydrogens is 392 g/mol. The number of nitrogens with one attached hydrogen (secondary N) is 1. The Bertz CT molecular complexity index is 1170. The summed E-state index contributed by atoms with van der Waals surface area (Å²) in [6.45, 7) is 9.84. The lowest BCUT2D eigenvalue weighted by molar-refractivity contribution is 0.350. The van der Waals surface area contributed by atoms with E-state index in [9.17, 15) is 4.79 Å². The van der Waals surface area contributed by atoms with Crippen molar-refractivity contribution >= 4 is 11.8 Å². The molecule has 0 radical (unpaired) electrons. The van der Waals surface area contributed by atoms with Crippen LogP contribution < -0.4 is 17.0 Å². The predicted octanol–water partition coefficient (Wildman–Crippen LogP) is 3.19. The van der Waals surface area contributed by atoms with Gasteiger partial charge in [0.15, 0.2) is 5.82 Å². The van der Waals surface area contributed by atoms with Gasteiger partial charge in [0.25, 0.3) is 5.89 Å². The van der Waals surface area contributed by atoms with Gasteiger partial charge in [0.2, 0.25) is 5.56 Å². The Balaban J connectivity index is 1.97. The van der Waals surface area contributed by atoms with Crippen molar-refractivity contribution in [2.24, 2.45) is 22.4 Å². The van der Waals surface area contributed by atoms with Crippen LogP contribution in [0, 0.1) is 5.92 Å². The fourth-order valence-electron chi connectivity index (χ4n) is 3.19. The lowest BCUT2D eigenvalue weighted by Gasteiger charge is -2.31. The Morgan fingerprint density at radius 1 is 1.26 bits per heavy atom. The third-order valence-corrected chi connectivity index (χ3v) is 5.44. The van der Waals surface area contributed by atoms with E-state index in [-0.39, 0.29) is 17.3 Å². The maximum absolute atomic E-state index is 11.3. The van der Waals surface area contributed by atoms with Crippen LogP contribution in [0.25, 0.3) is 17.0 Å². The fraction of sp³-hybridized carbons (Fsp3) is 0.217. The van der Waals surface area contributed by atoms with Crippen LogP contribution in [-0.2, 0) is 5.41 Å². The molecule has 1 aromatic carbocycles. The number of pyridine rings is 1. The van der Waals surface area contributed by atoms with Gasteiger partial charge in [-0.2, -0.15) is 4.98 Å². The molecule has 3 rings (SSSR count). The number of nitrogens with two attached hydrogens (primary N) is 2. The maximum Gasteiger partial charge on any atom is 0.259 e. The quantitative estimate of drug-likeness (QED) is 0.504. The summed E-state index contributed by atoms with van der Waals surface area (Å²) in [5.74, 6) is 1.29. The number of hydrogen-bond donors (Lipinski definition) is 3. The smallest absolute Gasteiger partial charge is 0.259 e. The fourth-order valence-corrected chi connectivity index (χ4v) is 3.19. The van der Waals surface area contributed by atoms with Gasteiger partial charge in [0.1, 0.15) is 5.82 Å². The van der Waals surface area contributed by atoms with Crippen LogP contribution in [-0.4, -0.2) is 21.3 Å². The van der Waals surface area contributed by atoms with E-state index in [0.717, 1.165) is 16.7 Å². The van der Waals surface area contributed by atoms with Crippen LogP contribution in [0.3, 0.4) is 0 Å². The molecule has 31 heavy (non-hydrogen) atoms. The van der Waals surface area contributed by atoms with Crippen LogP contribution in [0.5, 0.6) is 0 Å². The molecule has 0 bridgehead atoms. The largest absolute Gasteiger partial charge is 0.404 e. The molecule has 8 nitrogen and oxygen atoms in total. The minimum Gasteiger partial charge on any atom is -0.404 e. The topological polar surface area (TPSA) is 136 Å². The molecule has 0 amide bonds. The minimum atomic E-state index is -0.505. The Morgan fingerprint density at radius 3 is 2.52 bits per heavy atom. The molecule has 2 aromatic heterocycles. The normalized spacial score (nSPS) is 14.1. The molecule has 1 atom stereocenters. The van der Waals surface area contributed by atoms with Crippen LogP contribution in [0.2, 0.25) is 0 Å². The molecule has 0 aliphatic carbocycles. The average molecular weight is 419 g/mol. The van der Waals surface area contributed by atoms with E-state index in [1.807, 2.05) is 24.3 Å². The number of nitrogens with zero attached hydrogens (tertiary/aromatic N) is 3. The first-order valence-corrected chi connectivity index (χ1v) is 9.80. The van der Waals surface area contributed by atoms with Gasteiger partial charge in [-0.3, -0.25) is 4.79 Å². The zero-order valence-corrected chi connectivity index (χ0v) is 17.8. The van der Waals surface area contributed by atoms with Gasteiger partial charge in [-0.1, -0.05) is 49.8 Å². The molecule has 160 valence electrons. The first kappa shape index (κ1) is 21.8. The van der Waals surface area contributed by atoms with Crippen molar-refractivity contribution in [3.05, 3.63) is 88.5 Å². The van der Waals surface area contributed by atoms with Gasteiger partial charge >= 0.3 is 0 Å². The highest BCUT2D eigenvalue weighted by atomic mass is 16.5. The Morgan fingerprint density at radius 2 is 1.97 bits per heavy atom. The lowest BCUT2D eigenvalue weighted by Crippen LogP contribution is -2.31. The molecule has 2 heterocycles. The molecular formula is C23H26N6O2. The summed E-state index contributed by atoms with van der Waals surface area (Å²) in [5, 5.41) is 4.25. The maximum atomic E-state index is 11.3. The van der Waals surface area contributed by atoms with Crippen LogP contribution in [0.4, 0.5) is 0 Å². The predicted molar refractivity (Wildman–Crippen MR) is 122 cm³/mol. The number of aliphatic imine (C=N–C) groups is 1. The molecule has 0 aliphatic heterocycles. The van der Waals surface area contributed by atoms with Crippen LogP contribution in [0.15, 0.2) is 75.5 Å². The average Bonchev–Trinajstić information content (AvgIpc) is 3.25. The summed E-state index contributed by atoms with van der Waals surface area (Å²) < 4.78 is 5.50. The SMILES string of the molecule is C=C(N)/N=C\C(=C/N)c1ccc(C(C)(c2noc(-c3ccc(=O)[nH]c3)n2)C(C)C)cc1. The van der Waals surface area contributed by atoms with Gasteiger partial charge in [-0.05, 0) is 30.0 Å². The lowest BCUT2D eigenvalue weighted by atomic mass is 9.72. The van der Waals surface area contributed by atoms with Crippen LogP contribution >= 0.6 is 0 Å². The van der Waals surface area contributed by atoms with Gasteiger partial charge in [-0.25, -0.2) is 4.99 Å². The zero-order valence-electron chi connectivity index (χ0n) is 17.8. The highest BCUT2D eigenvalue weighted by molar-refractivity contribution is 6.09. The number of hydrogen-bond acceptors (Lipinski definition) is 7. The second kappa shape index (κ2) is 8.83. The van der Waals surface area contributed by atoms with Crippen molar-refractivity contribution in [1.82, 2.24) is 15.1 Å². The van der Waals surface area contributed by atoms with Crippen molar-refractivity contribution in [2.75, 3.05) is 0 Å². The first-order chi connectivity index (χ1) is 14.8. The van der Waals surface area contributed by atoms with Crippen molar-refractivity contribution in [1.29, 1.82) is 0 Å². The number of aromatic amines is 1. The number of allylic oxidation sites excluding steroid dienone is 1. The van der Waals surface area contributed by atoms with E-state index in [1.165, 1.54) is 12.3 Å². The van der Waals surface area contributed by atoms with E-state index in [2.05, 4.69) is 47.5 Å². The first-order valence-electron chi connectivity index (χ1n) is 9.80. The van der Waals surface area contributed by atoms with E-state index in [0.29, 0.717) is 17.3 Å². The summed E-state index contributed by atoms with van der Waals surface area (Å²) in [7, 11) is 0. The minimum absolute atomic E-state index is 0.172. The molecule has 0 fully saturated rings. The molecule has 3 aromatic rings. The third-order valence-electron chi connectivity index (χ3n) is 5.44. The summed E-state index contributed by atoms with van der Waals surface area (Å²) >= 11 is 0. The van der Waals surface area contributed by atoms with Gasteiger partial charge < -0.3 is 21.0 Å². The summed E-state index contributed by atoms with van der Waals surface area (Å²) in [5.41, 5.74) is 13.8. The number of benzene rings is 1. The molecule has 0 saturated heterocycles. The Kier molecular flexibility index (Phi) is 6.20. The summed E-state index contributed by atoms with van der Waals surface area (Å²) in [4.78, 5) is 22.6. The molecule has 0 spiro atoms. The van der Waals surface area contributed by atoms with E-state index in [4.69, 9.17) is 16.0 Å². The Labute approximate surface area is 180 Å². The molecule has 1 unspecified atom stereocenters. The van der Waals surface area contributed by atoms with Gasteiger partial charge in [0, 0.05) is 30.3 Å². The monoisotopic (exact) mass is 418 g/mol. The Hall–Kier alpha value is -3.94. The third kappa shape index (κ3) is 4.48. The number of H-pyrrole nitrogens is 1. The van der Waals surface area contributed by atoms with Crippen molar-refractivity contribution in [3.63, 3.8) is 0 Å². The highest BCUT2D eigenvalue weighted by Crippen LogP contribution is 2.38. The van der Waals surface area contributed by atoms with Crippen LogP contribution in [0.1, 0.15) is 37.7 Å². The second-order valence-electron chi connectivity index (χ2n) is 7.67. The molecule has 0 aliphatic rings. The van der Waals surface area contributed by atoms with Gasteiger partial charge in [-0.15, -0.1) is 0 Å². The zero-order chi connectivity index (χ0) is 22.6. The van der Waals surface area contributed by atoms with E-state index in [1.54, 1.807) is 18.5 Å². The number of rotatable bonds is 7. The van der Waals surface area contributed by atoms with Crippen molar-refractivity contribution in [3.8, 4) is 11.5 Å². The molecule has 0 saturated carbocycles. The number of aromatic nitrogens is 3. The molecule has 8 heteroatoms. The van der Waals surface area contributed by atoms with Crippen molar-refractivity contribution in [2.45, 2.75) is 26.2 Å². The van der Waals surface area contributed by atoms with E-state index < -0.39 is 5.41 Å². The van der Waals surface area contributed by atoms with Gasteiger partial charge in [0.05, 0.1) is 11.0 Å².